The van der Waals surface area contributed by atoms with Gasteiger partial charge in [-0.15, -0.1) is 0 Å². The van der Waals surface area contributed by atoms with Gasteiger partial charge in [0.2, 0.25) is 0 Å². The number of nitrogens with zero attached hydrogens (tertiary/aromatic N) is 1. The SMILES string of the molecule is CCOC(=O)c1[nH]c(Cc2c[nH]c3ccc(C#N)cc23)c(C(C)=O)c1C. The second-order valence-corrected chi connectivity index (χ2v) is 6.12. The van der Waals surface area contributed by atoms with Crippen molar-refractivity contribution < 1.29 is 14.3 Å². The van der Waals surface area contributed by atoms with E-state index in [0.717, 1.165) is 16.5 Å². The third kappa shape index (κ3) is 3.00. The van der Waals surface area contributed by atoms with Crippen LogP contribution >= 0.6 is 0 Å². The third-order valence-electron chi connectivity index (χ3n) is 4.42. The van der Waals surface area contributed by atoms with Gasteiger partial charge in [-0.1, -0.05) is 0 Å². The maximum absolute atomic E-state index is 12.2. The number of benzene rings is 1. The molecule has 0 radical (unpaired) electrons. The van der Waals surface area contributed by atoms with Crippen LogP contribution in [0.15, 0.2) is 24.4 Å². The molecule has 0 saturated carbocycles. The molecule has 0 aliphatic carbocycles. The number of ether oxygens (including phenoxy) is 1. The summed E-state index contributed by atoms with van der Waals surface area (Å²) in [6.45, 7) is 5.23. The molecular weight excluding hydrogens is 330 g/mol. The van der Waals surface area contributed by atoms with E-state index in [1.165, 1.54) is 6.92 Å². The van der Waals surface area contributed by atoms with E-state index >= 15 is 0 Å². The molecule has 6 heteroatoms. The van der Waals surface area contributed by atoms with Crippen LogP contribution in [0.2, 0.25) is 0 Å². The lowest BCUT2D eigenvalue weighted by Gasteiger charge is -2.02. The molecule has 1 aromatic carbocycles. The number of nitrogens with one attached hydrogen (secondary N) is 2. The summed E-state index contributed by atoms with van der Waals surface area (Å²) in [6.07, 6.45) is 2.29. The van der Waals surface area contributed by atoms with Gasteiger partial charge in [0.05, 0.1) is 18.2 Å². The quantitative estimate of drug-likeness (QED) is 0.542. The number of nitriles is 1. The van der Waals surface area contributed by atoms with Crippen LogP contribution in [0.1, 0.15) is 57.1 Å². The van der Waals surface area contributed by atoms with E-state index in [2.05, 4.69) is 16.0 Å². The van der Waals surface area contributed by atoms with Gasteiger partial charge >= 0.3 is 5.97 Å². The van der Waals surface area contributed by atoms with Gasteiger partial charge in [0.25, 0.3) is 0 Å². The van der Waals surface area contributed by atoms with Gasteiger partial charge in [-0.3, -0.25) is 4.79 Å². The number of esters is 1. The third-order valence-corrected chi connectivity index (χ3v) is 4.42. The highest BCUT2D eigenvalue weighted by Crippen LogP contribution is 2.26. The van der Waals surface area contributed by atoms with Gasteiger partial charge in [0.1, 0.15) is 5.69 Å². The molecule has 0 bridgehead atoms. The number of H-pyrrole nitrogens is 2. The van der Waals surface area contributed by atoms with E-state index in [1.807, 2.05) is 18.3 Å². The standard InChI is InChI=1S/C20H19N3O3/c1-4-26-20(25)19-11(2)18(12(3)24)17(23-19)8-14-10-22-16-6-5-13(9-21)7-15(14)16/h5-7,10,22-23H,4,8H2,1-3H3. The Kier molecular flexibility index (Phi) is 4.63. The second kappa shape index (κ2) is 6.89. The van der Waals surface area contributed by atoms with Crippen molar-refractivity contribution in [2.75, 3.05) is 6.61 Å². The van der Waals surface area contributed by atoms with Gasteiger partial charge in [-0.05, 0) is 50.1 Å². The van der Waals surface area contributed by atoms with Crippen LogP contribution in [0.4, 0.5) is 0 Å². The Balaban J connectivity index is 2.07. The van der Waals surface area contributed by atoms with Crippen LogP contribution in [0.5, 0.6) is 0 Å². The zero-order chi connectivity index (χ0) is 18.8. The van der Waals surface area contributed by atoms with E-state index in [4.69, 9.17) is 10.00 Å². The first kappa shape index (κ1) is 17.5. The molecule has 2 N–H and O–H groups in total. The maximum Gasteiger partial charge on any atom is 0.355 e. The van der Waals surface area contributed by atoms with E-state index in [1.54, 1.807) is 19.9 Å². The minimum atomic E-state index is -0.468. The average Bonchev–Trinajstić information content (AvgIpc) is 3.16. The molecule has 0 aliphatic rings. The fraction of sp³-hybridized carbons (Fsp3) is 0.250. The van der Waals surface area contributed by atoms with Gasteiger partial charge < -0.3 is 14.7 Å². The molecule has 0 aliphatic heterocycles. The van der Waals surface area contributed by atoms with Crippen LogP contribution in [-0.4, -0.2) is 28.3 Å². The van der Waals surface area contributed by atoms with E-state index in [-0.39, 0.29) is 12.4 Å². The molecule has 0 saturated heterocycles. The highest BCUT2D eigenvalue weighted by molar-refractivity contribution is 6.01. The molecule has 2 aromatic heterocycles. The Morgan fingerprint density at radius 2 is 2.08 bits per heavy atom. The summed E-state index contributed by atoms with van der Waals surface area (Å²) in [5.74, 6) is -0.578. The lowest BCUT2D eigenvalue weighted by Crippen LogP contribution is -2.07. The van der Waals surface area contributed by atoms with E-state index in [0.29, 0.717) is 34.5 Å². The number of carbonyl (C=O) groups excluding carboxylic acids is 2. The first-order valence-corrected chi connectivity index (χ1v) is 8.35. The summed E-state index contributed by atoms with van der Waals surface area (Å²) in [6, 6.07) is 7.56. The zero-order valence-corrected chi connectivity index (χ0v) is 14.9. The molecule has 132 valence electrons. The average molecular weight is 349 g/mol. The van der Waals surface area contributed by atoms with Crippen molar-refractivity contribution in [1.29, 1.82) is 5.26 Å². The van der Waals surface area contributed by atoms with Crippen molar-refractivity contribution in [3.05, 3.63) is 58.0 Å². The monoisotopic (exact) mass is 349 g/mol. The minimum absolute atomic E-state index is 0.109. The number of rotatable bonds is 5. The molecule has 0 unspecified atom stereocenters. The van der Waals surface area contributed by atoms with Crippen LogP contribution in [0.3, 0.4) is 0 Å². The largest absolute Gasteiger partial charge is 0.461 e. The molecule has 3 rings (SSSR count). The minimum Gasteiger partial charge on any atom is -0.461 e. The maximum atomic E-state index is 12.2. The predicted molar refractivity (Wildman–Crippen MR) is 97.3 cm³/mol. The summed E-state index contributed by atoms with van der Waals surface area (Å²) in [4.78, 5) is 30.5. The van der Waals surface area contributed by atoms with Crippen molar-refractivity contribution in [2.24, 2.45) is 0 Å². The fourth-order valence-electron chi connectivity index (χ4n) is 3.26. The molecule has 6 nitrogen and oxygen atoms in total. The van der Waals surface area contributed by atoms with Gasteiger partial charge in [-0.2, -0.15) is 5.26 Å². The number of ketones is 1. The molecule has 0 spiro atoms. The first-order chi connectivity index (χ1) is 12.5. The second-order valence-electron chi connectivity index (χ2n) is 6.12. The van der Waals surface area contributed by atoms with Gasteiger partial charge in [-0.25, -0.2) is 4.79 Å². The fourth-order valence-corrected chi connectivity index (χ4v) is 3.26. The number of fused-ring (bicyclic) bond motifs is 1. The molecule has 0 fully saturated rings. The number of hydrogen-bond acceptors (Lipinski definition) is 4. The van der Waals surface area contributed by atoms with Gasteiger partial charge in [0.15, 0.2) is 5.78 Å². The normalized spacial score (nSPS) is 10.7. The van der Waals surface area contributed by atoms with Gasteiger partial charge in [0, 0.05) is 34.8 Å². The van der Waals surface area contributed by atoms with Crippen molar-refractivity contribution in [3.8, 4) is 6.07 Å². The number of carbonyl (C=O) groups is 2. The smallest absolute Gasteiger partial charge is 0.355 e. The summed E-state index contributed by atoms with van der Waals surface area (Å²) in [7, 11) is 0. The summed E-state index contributed by atoms with van der Waals surface area (Å²) in [5, 5.41) is 10.0. The Bertz CT molecular complexity index is 1050. The number of aromatic amines is 2. The number of Topliss-reactive ketones (excluding diaryl/α,β-unsaturated/α-hetero) is 1. The number of aromatic nitrogens is 2. The molecule has 2 heterocycles. The lowest BCUT2D eigenvalue weighted by molar-refractivity contribution is 0.0519. The Hall–Kier alpha value is -3.33. The van der Waals surface area contributed by atoms with Crippen LogP contribution in [0.25, 0.3) is 10.9 Å². The van der Waals surface area contributed by atoms with Crippen molar-refractivity contribution >= 4 is 22.7 Å². The number of hydrogen-bond donors (Lipinski definition) is 2. The molecule has 26 heavy (non-hydrogen) atoms. The van der Waals surface area contributed by atoms with Crippen LogP contribution < -0.4 is 0 Å². The van der Waals surface area contributed by atoms with E-state index < -0.39 is 5.97 Å². The summed E-state index contributed by atoms with van der Waals surface area (Å²) in [5.41, 5.74) is 4.52. The molecular formula is C20H19N3O3. The highest BCUT2D eigenvalue weighted by Gasteiger charge is 2.23. The van der Waals surface area contributed by atoms with Crippen LogP contribution in [-0.2, 0) is 11.2 Å². The predicted octanol–water partition coefficient (Wildman–Crippen LogP) is 3.65. The molecule has 0 atom stereocenters. The van der Waals surface area contributed by atoms with Crippen molar-refractivity contribution in [1.82, 2.24) is 9.97 Å². The van der Waals surface area contributed by atoms with Crippen molar-refractivity contribution in [3.63, 3.8) is 0 Å². The summed E-state index contributed by atoms with van der Waals surface area (Å²) < 4.78 is 5.07. The van der Waals surface area contributed by atoms with Crippen molar-refractivity contribution in [2.45, 2.75) is 27.2 Å². The molecule has 0 amide bonds. The Morgan fingerprint density at radius 1 is 1.31 bits per heavy atom. The Labute approximate surface area is 150 Å². The molecule has 3 aromatic rings. The first-order valence-electron chi connectivity index (χ1n) is 8.35. The summed E-state index contributed by atoms with van der Waals surface area (Å²) >= 11 is 0. The van der Waals surface area contributed by atoms with Crippen LogP contribution in [0, 0.1) is 18.3 Å². The highest BCUT2D eigenvalue weighted by atomic mass is 16.5. The van der Waals surface area contributed by atoms with E-state index in [9.17, 15) is 9.59 Å². The zero-order valence-electron chi connectivity index (χ0n) is 14.9. The Morgan fingerprint density at radius 3 is 2.73 bits per heavy atom. The topological polar surface area (TPSA) is 98.7 Å². The lowest BCUT2D eigenvalue weighted by atomic mass is 10.0.